The minimum atomic E-state index is -4.26. The molecule has 1 aliphatic rings. The van der Waals surface area contributed by atoms with Crippen LogP contribution in [0, 0.1) is 6.92 Å². The molecule has 0 amide bonds. The van der Waals surface area contributed by atoms with Crippen molar-refractivity contribution < 1.29 is 22.3 Å². The third-order valence-corrected chi connectivity index (χ3v) is 11.6. The SMILES string of the molecule is COc1cc2c(cc1C)N(CCCS(=O)(=O)[O-])C(=C=C(Cc1sc3ccc4ccccc4c3[n+]1C)SC)[Se]2. The number of methoxy groups -OCH3 is 1. The summed E-state index contributed by atoms with van der Waals surface area (Å²) in [7, 11) is -0.462. The predicted octanol–water partition coefficient (Wildman–Crippen LogP) is 4.21. The number of allylic oxidation sites excluding steroid dienone is 1. The molecule has 0 aliphatic carbocycles. The van der Waals surface area contributed by atoms with E-state index in [2.05, 4.69) is 77.0 Å². The van der Waals surface area contributed by atoms with E-state index in [-0.39, 0.29) is 27.1 Å². The Hall–Kier alpha value is -2.29. The summed E-state index contributed by atoms with van der Waals surface area (Å²) < 4.78 is 45.1. The molecule has 5 rings (SSSR count). The van der Waals surface area contributed by atoms with Crippen LogP contribution in [0.1, 0.15) is 17.0 Å². The van der Waals surface area contributed by atoms with Crippen molar-refractivity contribution in [2.75, 3.05) is 30.6 Å². The number of fused-ring (bicyclic) bond motifs is 4. The van der Waals surface area contributed by atoms with Crippen molar-refractivity contribution in [3.05, 3.63) is 74.3 Å². The standard InChI is InChI=1S/C28H28N2O4S3Se/c1-18-14-22-25(17-23(18)34-3)38-27(30(22)12-7-13-37(31,32)33)16-20(35-4)15-26-29(2)28-21-9-6-5-8-19(21)10-11-24(28)36-26/h5-6,8-11,14,17H,7,12-13,15H2,1-4H3. The first-order valence-corrected chi connectivity index (χ1v) is 17.4. The number of hydrogen-bond acceptors (Lipinski definition) is 7. The molecule has 0 saturated heterocycles. The predicted molar refractivity (Wildman–Crippen MR) is 158 cm³/mol. The molecular formula is C28H28N2O4S3Se. The van der Waals surface area contributed by atoms with Gasteiger partial charge in [0.05, 0.1) is 0 Å². The van der Waals surface area contributed by atoms with E-state index < -0.39 is 10.1 Å². The third kappa shape index (κ3) is 5.54. The number of benzene rings is 3. The van der Waals surface area contributed by atoms with E-state index >= 15 is 0 Å². The molecule has 3 aromatic carbocycles. The van der Waals surface area contributed by atoms with Gasteiger partial charge in [0.15, 0.2) is 0 Å². The molecule has 4 aromatic rings. The summed E-state index contributed by atoms with van der Waals surface area (Å²) in [4.78, 5) is 3.26. The van der Waals surface area contributed by atoms with Crippen LogP contribution in [-0.2, 0) is 23.6 Å². The van der Waals surface area contributed by atoms with Crippen molar-refractivity contribution in [2.24, 2.45) is 7.05 Å². The number of hydrogen-bond donors (Lipinski definition) is 0. The number of thiazole rings is 1. The van der Waals surface area contributed by atoms with Crippen LogP contribution < -0.4 is 18.7 Å². The fourth-order valence-corrected chi connectivity index (χ4v) is 9.44. The van der Waals surface area contributed by atoms with E-state index in [1.165, 1.54) is 30.5 Å². The number of aryl methyl sites for hydroxylation is 2. The van der Waals surface area contributed by atoms with Gasteiger partial charge in [0.25, 0.3) is 0 Å². The molecule has 1 aliphatic heterocycles. The van der Waals surface area contributed by atoms with E-state index in [1.807, 2.05) is 6.92 Å². The first-order chi connectivity index (χ1) is 18.2. The monoisotopic (exact) mass is 632 g/mol. The van der Waals surface area contributed by atoms with Crippen LogP contribution in [0.25, 0.3) is 21.0 Å². The number of aromatic nitrogens is 1. The van der Waals surface area contributed by atoms with E-state index in [4.69, 9.17) is 4.74 Å². The van der Waals surface area contributed by atoms with Crippen molar-refractivity contribution >= 4 is 79.3 Å². The van der Waals surface area contributed by atoms with Crippen LogP contribution in [0.15, 0.2) is 63.8 Å². The molecule has 0 spiro atoms. The van der Waals surface area contributed by atoms with Gasteiger partial charge in [-0.3, -0.25) is 0 Å². The molecule has 38 heavy (non-hydrogen) atoms. The molecule has 0 fully saturated rings. The Morgan fingerprint density at radius 2 is 2.03 bits per heavy atom. The van der Waals surface area contributed by atoms with Crippen molar-refractivity contribution in [1.29, 1.82) is 0 Å². The first kappa shape index (κ1) is 27.3. The van der Waals surface area contributed by atoms with Crippen LogP contribution in [0.3, 0.4) is 0 Å². The maximum atomic E-state index is 11.3. The van der Waals surface area contributed by atoms with Crippen molar-refractivity contribution in [3.8, 4) is 5.75 Å². The van der Waals surface area contributed by atoms with Crippen molar-refractivity contribution in [2.45, 2.75) is 19.8 Å². The molecule has 0 radical (unpaired) electrons. The summed E-state index contributed by atoms with van der Waals surface area (Å²) in [5, 5.41) is 3.73. The zero-order chi connectivity index (χ0) is 27.0. The summed E-state index contributed by atoms with van der Waals surface area (Å²) in [6.45, 7) is 2.46. The third-order valence-electron chi connectivity index (χ3n) is 6.60. The van der Waals surface area contributed by atoms with Gasteiger partial charge in [0.2, 0.25) is 0 Å². The molecule has 2 heterocycles. The molecule has 6 nitrogen and oxygen atoms in total. The van der Waals surface area contributed by atoms with Crippen LogP contribution in [-0.4, -0.2) is 53.6 Å². The second-order valence-corrected chi connectivity index (χ2v) is 14.8. The molecule has 10 heteroatoms. The number of anilines is 1. The van der Waals surface area contributed by atoms with Gasteiger partial charge in [-0.2, -0.15) is 0 Å². The van der Waals surface area contributed by atoms with Crippen LogP contribution in [0.5, 0.6) is 5.75 Å². The summed E-state index contributed by atoms with van der Waals surface area (Å²) >= 11 is 3.47. The van der Waals surface area contributed by atoms with Gasteiger partial charge in [-0.05, 0) is 0 Å². The number of rotatable bonds is 8. The van der Waals surface area contributed by atoms with Gasteiger partial charge in [0, 0.05) is 0 Å². The normalized spacial score (nSPS) is 13.3. The van der Waals surface area contributed by atoms with E-state index in [0.29, 0.717) is 6.54 Å². The molecule has 0 unspecified atom stereocenters. The number of ether oxygens (including phenoxy) is 1. The quantitative estimate of drug-likeness (QED) is 0.126. The molecule has 0 N–H and O–H groups in total. The fraction of sp³-hybridized carbons (Fsp3) is 0.286. The second-order valence-electron chi connectivity index (χ2n) is 9.08. The topological polar surface area (TPSA) is 73.5 Å². The van der Waals surface area contributed by atoms with Crippen molar-refractivity contribution in [1.82, 2.24) is 0 Å². The summed E-state index contributed by atoms with van der Waals surface area (Å²) in [6, 6.07) is 17.0. The second kappa shape index (κ2) is 11.1. The molecule has 0 saturated carbocycles. The van der Waals surface area contributed by atoms with E-state index in [9.17, 15) is 13.0 Å². The van der Waals surface area contributed by atoms with Gasteiger partial charge >= 0.3 is 239 Å². The Kier molecular flexibility index (Phi) is 7.94. The van der Waals surface area contributed by atoms with Gasteiger partial charge in [0.1, 0.15) is 0 Å². The molecular weight excluding hydrogens is 603 g/mol. The first-order valence-electron chi connectivity index (χ1n) is 12.1. The average Bonchev–Trinajstić information content (AvgIpc) is 3.38. The minimum absolute atomic E-state index is 0.0216. The van der Waals surface area contributed by atoms with Crippen LogP contribution >= 0.6 is 23.1 Å². The summed E-state index contributed by atoms with van der Waals surface area (Å²) in [5.41, 5.74) is 7.01. The van der Waals surface area contributed by atoms with Gasteiger partial charge in [-0.1, -0.05) is 0 Å². The molecule has 0 bridgehead atoms. The van der Waals surface area contributed by atoms with Crippen molar-refractivity contribution in [3.63, 3.8) is 0 Å². The number of thioether (sulfide) groups is 1. The van der Waals surface area contributed by atoms with Crippen LogP contribution in [0.2, 0.25) is 0 Å². The number of nitrogens with zero attached hydrogens (tertiary/aromatic N) is 2. The van der Waals surface area contributed by atoms with Gasteiger partial charge < -0.3 is 0 Å². The Morgan fingerprint density at radius 1 is 1.24 bits per heavy atom. The Morgan fingerprint density at radius 3 is 2.76 bits per heavy atom. The Bertz CT molecular complexity index is 1720. The van der Waals surface area contributed by atoms with E-state index in [1.54, 1.807) is 30.2 Å². The molecule has 0 atom stereocenters. The Labute approximate surface area is 237 Å². The Balaban J connectivity index is 1.55. The zero-order valence-electron chi connectivity index (χ0n) is 21.6. The maximum absolute atomic E-state index is 11.3. The fourth-order valence-electron chi connectivity index (χ4n) is 4.71. The summed E-state index contributed by atoms with van der Waals surface area (Å²) in [6.07, 6.45) is 3.10. The summed E-state index contributed by atoms with van der Waals surface area (Å²) in [5.74, 6) is 0.464. The van der Waals surface area contributed by atoms with E-state index in [0.717, 1.165) is 32.9 Å². The van der Waals surface area contributed by atoms with Gasteiger partial charge in [-0.15, -0.1) is 0 Å². The molecule has 1 aromatic heterocycles. The molecule has 198 valence electrons. The van der Waals surface area contributed by atoms with Gasteiger partial charge in [-0.25, -0.2) is 0 Å². The zero-order valence-corrected chi connectivity index (χ0v) is 25.8. The van der Waals surface area contributed by atoms with Crippen LogP contribution in [0.4, 0.5) is 5.69 Å². The average molecular weight is 632 g/mol.